The van der Waals surface area contributed by atoms with Crippen molar-refractivity contribution in [1.29, 1.82) is 5.26 Å². The largest absolute Gasteiger partial charge is 0.335 e. The first kappa shape index (κ1) is 8.31. The SMILES string of the molecule is N#Cc1cccc2[nH]c(=O)n(I)c12. The molecule has 0 saturated carbocycles. The van der Waals surface area contributed by atoms with Crippen molar-refractivity contribution in [2.45, 2.75) is 0 Å². The second-order valence-electron chi connectivity index (χ2n) is 2.52. The van der Waals surface area contributed by atoms with E-state index >= 15 is 0 Å². The van der Waals surface area contributed by atoms with E-state index in [1.165, 1.54) is 2.78 Å². The molecule has 0 aliphatic heterocycles. The number of aromatic nitrogens is 2. The van der Waals surface area contributed by atoms with E-state index in [9.17, 15) is 4.79 Å². The van der Waals surface area contributed by atoms with Gasteiger partial charge in [-0.05, 0) is 12.1 Å². The summed E-state index contributed by atoms with van der Waals surface area (Å²) in [6.07, 6.45) is 0. The molecular weight excluding hydrogens is 281 g/mol. The Morgan fingerprint density at radius 1 is 1.54 bits per heavy atom. The molecule has 0 radical (unpaired) electrons. The van der Waals surface area contributed by atoms with Gasteiger partial charge in [0.25, 0.3) is 0 Å². The van der Waals surface area contributed by atoms with Gasteiger partial charge < -0.3 is 4.98 Å². The second-order valence-corrected chi connectivity index (χ2v) is 3.49. The highest BCUT2D eigenvalue weighted by atomic mass is 127. The number of nitrogens with one attached hydrogen (secondary N) is 1. The van der Waals surface area contributed by atoms with Crippen molar-refractivity contribution in [3.63, 3.8) is 0 Å². The molecule has 1 aromatic carbocycles. The molecule has 1 aromatic heterocycles. The third kappa shape index (κ3) is 1.14. The van der Waals surface area contributed by atoms with Crippen molar-refractivity contribution in [3.8, 4) is 6.07 Å². The number of nitriles is 1. The number of H-pyrrole nitrogens is 1. The Kier molecular flexibility index (Phi) is 1.84. The Hall–Kier alpha value is -1.29. The Labute approximate surface area is 87.3 Å². The number of benzene rings is 1. The number of aromatic amines is 1. The Morgan fingerprint density at radius 3 is 3.00 bits per heavy atom. The van der Waals surface area contributed by atoms with Crippen molar-refractivity contribution in [1.82, 2.24) is 7.76 Å². The molecule has 1 N–H and O–H groups in total. The number of hydrogen-bond acceptors (Lipinski definition) is 2. The lowest BCUT2D eigenvalue weighted by molar-refractivity contribution is 1.19. The number of halogens is 1. The van der Waals surface area contributed by atoms with Crippen LogP contribution in [-0.4, -0.2) is 7.76 Å². The van der Waals surface area contributed by atoms with Crippen LogP contribution in [0.3, 0.4) is 0 Å². The number of nitrogens with zero attached hydrogens (tertiary/aromatic N) is 2. The van der Waals surface area contributed by atoms with Gasteiger partial charge in [-0.3, -0.25) is 0 Å². The Bertz CT molecular complexity index is 561. The number of fused-ring (bicyclic) bond motifs is 1. The van der Waals surface area contributed by atoms with E-state index in [4.69, 9.17) is 5.26 Å². The summed E-state index contributed by atoms with van der Waals surface area (Å²) in [7, 11) is 0. The van der Waals surface area contributed by atoms with Gasteiger partial charge in [0.1, 0.15) is 6.07 Å². The monoisotopic (exact) mass is 285 g/mol. The fraction of sp³-hybridized carbons (Fsp3) is 0. The van der Waals surface area contributed by atoms with Gasteiger partial charge in [-0.25, -0.2) is 7.58 Å². The molecule has 2 rings (SSSR count). The summed E-state index contributed by atoms with van der Waals surface area (Å²) in [6.45, 7) is 0. The zero-order chi connectivity index (χ0) is 9.42. The predicted octanol–water partition coefficient (Wildman–Crippen LogP) is 1.40. The standard InChI is InChI=1S/C8H4IN3O/c9-12-7-5(4-10)2-1-3-6(7)11-8(12)13/h1-3H,(H,11,13). The van der Waals surface area contributed by atoms with E-state index in [0.29, 0.717) is 16.6 Å². The minimum Gasteiger partial charge on any atom is -0.305 e. The zero-order valence-corrected chi connectivity index (χ0v) is 8.57. The molecule has 0 unspecified atom stereocenters. The lowest BCUT2D eigenvalue weighted by atomic mass is 10.2. The highest BCUT2D eigenvalue weighted by Gasteiger charge is 2.07. The average molecular weight is 285 g/mol. The summed E-state index contributed by atoms with van der Waals surface area (Å²) < 4.78 is 1.41. The lowest BCUT2D eigenvalue weighted by Gasteiger charge is -1.92. The highest BCUT2D eigenvalue weighted by molar-refractivity contribution is 14.1. The second kappa shape index (κ2) is 2.88. The van der Waals surface area contributed by atoms with Crippen LogP contribution in [0.5, 0.6) is 0 Å². The van der Waals surface area contributed by atoms with Gasteiger partial charge in [0.05, 0.1) is 39.5 Å². The molecule has 0 bridgehead atoms. The molecule has 0 amide bonds. The maximum absolute atomic E-state index is 11.2. The highest BCUT2D eigenvalue weighted by Crippen LogP contribution is 2.16. The number of rotatable bonds is 0. The van der Waals surface area contributed by atoms with Crippen molar-refractivity contribution in [3.05, 3.63) is 34.2 Å². The first-order chi connectivity index (χ1) is 6.24. The minimum absolute atomic E-state index is 0.210. The molecule has 0 saturated heterocycles. The molecule has 1 heterocycles. The summed E-state index contributed by atoms with van der Waals surface area (Å²) in [5.74, 6) is 0. The minimum atomic E-state index is -0.210. The van der Waals surface area contributed by atoms with Crippen LogP contribution in [0, 0.1) is 11.3 Å². The zero-order valence-electron chi connectivity index (χ0n) is 6.41. The van der Waals surface area contributed by atoms with Gasteiger partial charge in [0, 0.05) is 0 Å². The maximum Gasteiger partial charge on any atom is 0.335 e. The van der Waals surface area contributed by atoms with Crippen LogP contribution >= 0.6 is 22.9 Å². The number of hydrogen-bond donors (Lipinski definition) is 1. The van der Waals surface area contributed by atoms with Crippen LogP contribution in [0.15, 0.2) is 23.0 Å². The van der Waals surface area contributed by atoms with Gasteiger partial charge >= 0.3 is 5.69 Å². The lowest BCUT2D eigenvalue weighted by Crippen LogP contribution is -2.07. The van der Waals surface area contributed by atoms with Crippen LogP contribution < -0.4 is 5.69 Å². The fourth-order valence-electron chi connectivity index (χ4n) is 1.21. The molecule has 0 atom stereocenters. The van der Waals surface area contributed by atoms with E-state index < -0.39 is 0 Å². The molecule has 13 heavy (non-hydrogen) atoms. The molecule has 4 nitrogen and oxygen atoms in total. The maximum atomic E-state index is 11.2. The Morgan fingerprint density at radius 2 is 2.31 bits per heavy atom. The third-order valence-corrected chi connectivity index (χ3v) is 2.69. The van der Waals surface area contributed by atoms with Crippen LogP contribution in [0.25, 0.3) is 11.0 Å². The van der Waals surface area contributed by atoms with E-state index in [-0.39, 0.29) is 5.69 Å². The van der Waals surface area contributed by atoms with Crippen LogP contribution in [0.1, 0.15) is 5.56 Å². The molecule has 2 aromatic rings. The first-order valence-corrected chi connectivity index (χ1v) is 4.50. The molecule has 0 aliphatic rings. The molecule has 0 aliphatic carbocycles. The van der Waals surface area contributed by atoms with Crippen LogP contribution in [0.4, 0.5) is 0 Å². The number of imidazole rings is 1. The summed E-state index contributed by atoms with van der Waals surface area (Å²) in [4.78, 5) is 13.8. The van der Waals surface area contributed by atoms with Gasteiger partial charge in [-0.1, -0.05) is 6.07 Å². The molecule has 0 fully saturated rings. The van der Waals surface area contributed by atoms with Crippen LogP contribution in [-0.2, 0) is 0 Å². The van der Waals surface area contributed by atoms with Crippen molar-refractivity contribution in [2.75, 3.05) is 0 Å². The quantitative estimate of drug-likeness (QED) is 0.744. The summed E-state index contributed by atoms with van der Waals surface area (Å²) in [5, 5.41) is 8.79. The summed E-state index contributed by atoms with van der Waals surface area (Å²) in [5.41, 5.74) is 1.64. The molecule has 64 valence electrons. The summed E-state index contributed by atoms with van der Waals surface area (Å²) >= 11 is 1.87. The van der Waals surface area contributed by atoms with Gasteiger partial charge in [0.2, 0.25) is 0 Å². The third-order valence-electron chi connectivity index (χ3n) is 1.77. The normalized spacial score (nSPS) is 10.2. The van der Waals surface area contributed by atoms with E-state index in [0.717, 1.165) is 0 Å². The number of para-hydroxylation sites is 1. The van der Waals surface area contributed by atoms with Crippen molar-refractivity contribution in [2.24, 2.45) is 0 Å². The van der Waals surface area contributed by atoms with Gasteiger partial charge in [0.15, 0.2) is 0 Å². The first-order valence-electron chi connectivity index (χ1n) is 3.54. The molecule has 0 spiro atoms. The van der Waals surface area contributed by atoms with E-state index in [1.807, 2.05) is 28.9 Å². The van der Waals surface area contributed by atoms with E-state index in [1.54, 1.807) is 18.2 Å². The Balaban J connectivity index is 3.06. The van der Waals surface area contributed by atoms with E-state index in [2.05, 4.69) is 4.98 Å². The van der Waals surface area contributed by atoms with Crippen LogP contribution in [0.2, 0.25) is 0 Å². The fourth-order valence-corrected chi connectivity index (χ4v) is 1.85. The van der Waals surface area contributed by atoms with Gasteiger partial charge in [-0.15, -0.1) is 0 Å². The predicted molar refractivity (Wildman–Crippen MR) is 56.7 cm³/mol. The topological polar surface area (TPSA) is 61.6 Å². The summed E-state index contributed by atoms with van der Waals surface area (Å²) in [6, 6.07) is 7.24. The van der Waals surface area contributed by atoms with Gasteiger partial charge in [-0.2, -0.15) is 5.26 Å². The van der Waals surface area contributed by atoms with Crippen molar-refractivity contribution >= 4 is 33.9 Å². The molecular formula is C8H4IN3O. The average Bonchev–Trinajstić information content (AvgIpc) is 2.43. The van der Waals surface area contributed by atoms with Crippen molar-refractivity contribution < 1.29 is 0 Å². The molecule has 5 heteroatoms. The smallest absolute Gasteiger partial charge is 0.305 e.